The van der Waals surface area contributed by atoms with Gasteiger partial charge in [-0.15, -0.1) is 0 Å². The Bertz CT molecular complexity index is 394. The molecule has 0 atom stereocenters. The molecule has 1 aromatic rings. The van der Waals surface area contributed by atoms with Crippen LogP contribution >= 0.6 is 0 Å². The summed E-state index contributed by atoms with van der Waals surface area (Å²) in [5, 5.41) is 13.9. The van der Waals surface area contributed by atoms with Crippen molar-refractivity contribution >= 4 is 0 Å². The molecule has 4 nitrogen and oxygen atoms in total. The summed E-state index contributed by atoms with van der Waals surface area (Å²) < 4.78 is 2.17. The summed E-state index contributed by atoms with van der Waals surface area (Å²) in [6.07, 6.45) is 11.3. The van der Waals surface area contributed by atoms with E-state index < -0.39 is 0 Å². The first-order valence-corrected chi connectivity index (χ1v) is 7.76. The first-order valence-electron chi connectivity index (χ1n) is 7.76. The number of hydrogen-bond donors (Lipinski definition) is 1. The zero-order valence-electron chi connectivity index (χ0n) is 11.7. The summed E-state index contributed by atoms with van der Waals surface area (Å²) >= 11 is 0. The Morgan fingerprint density at radius 1 is 1.21 bits per heavy atom. The molecule has 0 amide bonds. The smallest absolute Gasteiger partial charge is 0.0765 e. The van der Waals surface area contributed by atoms with Crippen molar-refractivity contribution in [3.63, 3.8) is 0 Å². The Labute approximate surface area is 115 Å². The standard InChI is InChI=1S/C15H25N3O/c19-11-10-17(14-6-3-7-14)12-13-8-9-18(16-13)15-4-1-2-5-15/h8-9,14-15,19H,1-7,10-12H2. The third-order valence-corrected chi connectivity index (χ3v) is 4.71. The van der Waals surface area contributed by atoms with Crippen molar-refractivity contribution in [2.45, 2.75) is 63.6 Å². The van der Waals surface area contributed by atoms with E-state index in [-0.39, 0.29) is 6.61 Å². The third-order valence-electron chi connectivity index (χ3n) is 4.71. The van der Waals surface area contributed by atoms with Gasteiger partial charge in [-0.05, 0) is 31.7 Å². The van der Waals surface area contributed by atoms with Gasteiger partial charge in [-0.3, -0.25) is 9.58 Å². The topological polar surface area (TPSA) is 41.3 Å². The molecule has 2 saturated carbocycles. The van der Waals surface area contributed by atoms with Gasteiger partial charge in [0.2, 0.25) is 0 Å². The predicted octanol–water partition coefficient (Wildman–Crippen LogP) is 2.34. The second-order valence-electron chi connectivity index (χ2n) is 6.00. The van der Waals surface area contributed by atoms with Crippen LogP contribution in [0.3, 0.4) is 0 Å². The molecule has 2 aliphatic rings. The van der Waals surface area contributed by atoms with Crippen molar-refractivity contribution in [2.24, 2.45) is 0 Å². The molecule has 4 heteroatoms. The summed E-state index contributed by atoms with van der Waals surface area (Å²) in [7, 11) is 0. The second-order valence-corrected chi connectivity index (χ2v) is 6.00. The number of hydrogen-bond acceptors (Lipinski definition) is 3. The van der Waals surface area contributed by atoms with E-state index in [9.17, 15) is 5.11 Å². The lowest BCUT2D eigenvalue weighted by Gasteiger charge is -2.36. The fourth-order valence-corrected chi connectivity index (χ4v) is 3.31. The lowest BCUT2D eigenvalue weighted by molar-refractivity contribution is 0.0930. The van der Waals surface area contributed by atoms with Crippen LogP contribution in [0.15, 0.2) is 12.3 Å². The van der Waals surface area contributed by atoms with E-state index in [4.69, 9.17) is 5.10 Å². The predicted molar refractivity (Wildman–Crippen MR) is 74.9 cm³/mol. The summed E-state index contributed by atoms with van der Waals surface area (Å²) in [5.41, 5.74) is 1.16. The molecule has 2 aliphatic carbocycles. The Hall–Kier alpha value is -0.870. The molecule has 19 heavy (non-hydrogen) atoms. The molecule has 0 bridgehead atoms. The van der Waals surface area contributed by atoms with Gasteiger partial charge in [0.1, 0.15) is 0 Å². The van der Waals surface area contributed by atoms with Crippen LogP contribution < -0.4 is 0 Å². The fraction of sp³-hybridized carbons (Fsp3) is 0.800. The Kier molecular flexibility index (Phi) is 4.18. The molecule has 1 heterocycles. The molecular formula is C15H25N3O. The van der Waals surface area contributed by atoms with Crippen LogP contribution in [-0.2, 0) is 6.54 Å². The van der Waals surface area contributed by atoms with E-state index in [2.05, 4.69) is 21.8 Å². The zero-order valence-corrected chi connectivity index (χ0v) is 11.7. The van der Waals surface area contributed by atoms with E-state index >= 15 is 0 Å². The van der Waals surface area contributed by atoms with Gasteiger partial charge in [-0.25, -0.2) is 0 Å². The highest BCUT2D eigenvalue weighted by atomic mass is 16.3. The highest BCUT2D eigenvalue weighted by Crippen LogP contribution is 2.29. The van der Waals surface area contributed by atoms with Crippen molar-refractivity contribution in [1.82, 2.24) is 14.7 Å². The molecular weight excluding hydrogens is 238 g/mol. The Morgan fingerprint density at radius 2 is 2.00 bits per heavy atom. The monoisotopic (exact) mass is 263 g/mol. The quantitative estimate of drug-likeness (QED) is 0.856. The fourth-order valence-electron chi connectivity index (χ4n) is 3.31. The molecule has 106 valence electrons. The molecule has 1 N–H and O–H groups in total. The van der Waals surface area contributed by atoms with Crippen LogP contribution in [0.1, 0.15) is 56.7 Å². The second kappa shape index (κ2) is 6.06. The number of aliphatic hydroxyl groups excluding tert-OH is 1. The van der Waals surface area contributed by atoms with Crippen molar-refractivity contribution in [3.8, 4) is 0 Å². The van der Waals surface area contributed by atoms with Gasteiger partial charge in [0.05, 0.1) is 18.3 Å². The van der Waals surface area contributed by atoms with Crippen LogP contribution in [0.5, 0.6) is 0 Å². The van der Waals surface area contributed by atoms with Gasteiger partial charge in [0.15, 0.2) is 0 Å². The Morgan fingerprint density at radius 3 is 2.63 bits per heavy atom. The number of rotatable bonds is 6. The van der Waals surface area contributed by atoms with E-state index in [0.717, 1.165) is 18.8 Å². The van der Waals surface area contributed by atoms with Crippen molar-refractivity contribution < 1.29 is 5.11 Å². The average molecular weight is 263 g/mol. The summed E-state index contributed by atoms with van der Waals surface area (Å²) in [4.78, 5) is 2.39. The van der Waals surface area contributed by atoms with Gasteiger partial charge in [0, 0.05) is 25.3 Å². The zero-order chi connectivity index (χ0) is 13.1. The summed E-state index contributed by atoms with van der Waals surface area (Å²) in [6, 6.07) is 3.45. The van der Waals surface area contributed by atoms with Crippen molar-refractivity contribution in [1.29, 1.82) is 0 Å². The number of aliphatic hydroxyl groups is 1. The van der Waals surface area contributed by atoms with E-state index in [0.29, 0.717) is 12.1 Å². The molecule has 3 rings (SSSR count). The van der Waals surface area contributed by atoms with E-state index in [1.54, 1.807) is 0 Å². The lowest BCUT2D eigenvalue weighted by atomic mass is 9.91. The highest BCUT2D eigenvalue weighted by Gasteiger charge is 2.25. The Balaban J connectivity index is 1.61. The molecule has 1 aromatic heterocycles. The van der Waals surface area contributed by atoms with Gasteiger partial charge in [-0.2, -0.15) is 5.10 Å². The maximum Gasteiger partial charge on any atom is 0.0765 e. The van der Waals surface area contributed by atoms with Gasteiger partial charge >= 0.3 is 0 Å². The normalized spacial score (nSPS) is 21.2. The maximum absolute atomic E-state index is 9.19. The van der Waals surface area contributed by atoms with Crippen LogP contribution in [0, 0.1) is 0 Å². The number of aromatic nitrogens is 2. The van der Waals surface area contributed by atoms with E-state index in [1.165, 1.54) is 44.9 Å². The van der Waals surface area contributed by atoms with Crippen LogP contribution in [0.4, 0.5) is 0 Å². The SMILES string of the molecule is OCCN(Cc1ccn(C2CCCC2)n1)C1CCC1. The minimum absolute atomic E-state index is 0.250. The highest BCUT2D eigenvalue weighted by molar-refractivity contribution is 5.01. The molecule has 0 radical (unpaired) electrons. The van der Waals surface area contributed by atoms with Gasteiger partial charge in [0.25, 0.3) is 0 Å². The molecule has 0 aromatic carbocycles. The van der Waals surface area contributed by atoms with Gasteiger partial charge < -0.3 is 5.11 Å². The molecule has 0 aliphatic heterocycles. The third kappa shape index (κ3) is 3.00. The maximum atomic E-state index is 9.19. The minimum Gasteiger partial charge on any atom is -0.395 e. The molecule has 0 unspecified atom stereocenters. The molecule has 0 saturated heterocycles. The first kappa shape index (κ1) is 13.1. The molecule has 2 fully saturated rings. The van der Waals surface area contributed by atoms with E-state index in [1.807, 2.05) is 0 Å². The van der Waals surface area contributed by atoms with Crippen molar-refractivity contribution in [3.05, 3.63) is 18.0 Å². The molecule has 0 spiro atoms. The number of nitrogens with zero attached hydrogens (tertiary/aromatic N) is 3. The van der Waals surface area contributed by atoms with Crippen molar-refractivity contribution in [2.75, 3.05) is 13.2 Å². The van der Waals surface area contributed by atoms with Crippen LogP contribution in [0.2, 0.25) is 0 Å². The average Bonchev–Trinajstić information content (AvgIpc) is 2.95. The van der Waals surface area contributed by atoms with Crippen LogP contribution in [-0.4, -0.2) is 39.0 Å². The first-order chi connectivity index (χ1) is 9.36. The minimum atomic E-state index is 0.250. The largest absolute Gasteiger partial charge is 0.395 e. The van der Waals surface area contributed by atoms with Gasteiger partial charge in [-0.1, -0.05) is 19.3 Å². The summed E-state index contributed by atoms with van der Waals surface area (Å²) in [6.45, 7) is 1.92. The lowest BCUT2D eigenvalue weighted by Crippen LogP contribution is -2.41. The summed E-state index contributed by atoms with van der Waals surface area (Å²) in [5.74, 6) is 0. The van der Waals surface area contributed by atoms with Crippen LogP contribution in [0.25, 0.3) is 0 Å².